The molecular weight excluding hydrogens is 242 g/mol. The molecule has 0 saturated heterocycles. The number of fused-ring (bicyclic) bond motifs is 1. The molecule has 0 aromatic carbocycles. The summed E-state index contributed by atoms with van der Waals surface area (Å²) in [6.07, 6.45) is 3.99. The zero-order valence-electron chi connectivity index (χ0n) is 10.7. The predicted molar refractivity (Wildman–Crippen MR) is 76.0 cm³/mol. The topological polar surface area (TPSA) is 30.7 Å². The van der Waals surface area contributed by atoms with E-state index in [-0.39, 0.29) is 0 Å². The normalized spacial score (nSPS) is 11.6. The van der Waals surface area contributed by atoms with E-state index in [0.29, 0.717) is 6.04 Å². The molecule has 0 aliphatic heterocycles. The highest BCUT2D eigenvalue weighted by Gasteiger charge is 2.11. The van der Waals surface area contributed by atoms with Crippen LogP contribution in [0.3, 0.4) is 0 Å². The Bertz CT molecular complexity index is 680. The van der Waals surface area contributed by atoms with Gasteiger partial charge in [-0.15, -0.1) is 11.3 Å². The Morgan fingerprint density at radius 3 is 2.78 bits per heavy atom. The smallest absolute Gasteiger partial charge is 0.141 e. The summed E-state index contributed by atoms with van der Waals surface area (Å²) >= 11 is 1.62. The molecule has 3 aromatic rings. The fourth-order valence-corrected chi connectivity index (χ4v) is 2.76. The molecule has 0 unspecified atom stereocenters. The van der Waals surface area contributed by atoms with E-state index in [1.165, 1.54) is 10.9 Å². The first-order chi connectivity index (χ1) is 8.66. The third-order valence-corrected chi connectivity index (χ3v) is 3.88. The number of hydrogen-bond acceptors (Lipinski definition) is 3. The van der Waals surface area contributed by atoms with Gasteiger partial charge in [0, 0.05) is 29.2 Å². The van der Waals surface area contributed by atoms with Crippen LogP contribution >= 0.6 is 11.3 Å². The second kappa shape index (κ2) is 4.21. The molecule has 0 saturated carbocycles. The van der Waals surface area contributed by atoms with Crippen molar-refractivity contribution in [1.29, 1.82) is 0 Å². The average Bonchev–Trinajstić information content (AvgIpc) is 2.97. The summed E-state index contributed by atoms with van der Waals surface area (Å²) in [6.45, 7) is 6.49. The summed E-state index contributed by atoms with van der Waals surface area (Å²) in [5, 5.41) is 4.18. The monoisotopic (exact) mass is 257 g/mol. The number of rotatable bonds is 2. The minimum Gasteiger partial charge on any atom is -0.330 e. The van der Waals surface area contributed by atoms with Crippen molar-refractivity contribution >= 4 is 22.4 Å². The molecule has 0 aliphatic rings. The number of thiazole rings is 1. The Labute approximate surface area is 110 Å². The van der Waals surface area contributed by atoms with Gasteiger partial charge in [0.1, 0.15) is 16.3 Å². The van der Waals surface area contributed by atoms with E-state index in [9.17, 15) is 0 Å². The van der Waals surface area contributed by atoms with Crippen LogP contribution in [0, 0.1) is 6.92 Å². The zero-order chi connectivity index (χ0) is 12.7. The molecule has 18 heavy (non-hydrogen) atoms. The molecule has 0 fully saturated rings. The van der Waals surface area contributed by atoms with Gasteiger partial charge in [0.25, 0.3) is 0 Å². The highest BCUT2D eigenvalue weighted by atomic mass is 32.1. The molecular formula is C14H15N3S. The van der Waals surface area contributed by atoms with Crippen LogP contribution in [-0.2, 0) is 0 Å². The Morgan fingerprint density at radius 1 is 1.28 bits per heavy atom. The molecule has 3 heterocycles. The molecule has 0 radical (unpaired) electrons. The number of nitrogens with zero attached hydrogens (tertiary/aromatic N) is 3. The Balaban J connectivity index is 2.25. The van der Waals surface area contributed by atoms with Gasteiger partial charge < -0.3 is 4.57 Å². The number of hydrogen-bond donors (Lipinski definition) is 0. The number of aryl methyl sites for hydroxylation is 1. The van der Waals surface area contributed by atoms with E-state index in [2.05, 4.69) is 48.7 Å². The second-order valence-electron chi connectivity index (χ2n) is 4.72. The molecule has 3 aromatic heterocycles. The van der Waals surface area contributed by atoms with Gasteiger partial charge in [0.05, 0.1) is 0 Å². The van der Waals surface area contributed by atoms with Gasteiger partial charge in [0.2, 0.25) is 0 Å². The molecule has 3 rings (SSSR count). The maximum Gasteiger partial charge on any atom is 0.141 e. The summed E-state index contributed by atoms with van der Waals surface area (Å²) in [7, 11) is 0. The highest BCUT2D eigenvalue weighted by Crippen LogP contribution is 2.27. The lowest BCUT2D eigenvalue weighted by Crippen LogP contribution is -2.00. The van der Waals surface area contributed by atoms with Crippen molar-refractivity contribution in [3.8, 4) is 10.7 Å². The van der Waals surface area contributed by atoms with Gasteiger partial charge in [-0.1, -0.05) is 0 Å². The minimum atomic E-state index is 0.417. The molecule has 0 N–H and O–H groups in total. The van der Waals surface area contributed by atoms with E-state index in [4.69, 9.17) is 4.98 Å². The van der Waals surface area contributed by atoms with Gasteiger partial charge in [0.15, 0.2) is 0 Å². The van der Waals surface area contributed by atoms with E-state index >= 15 is 0 Å². The van der Waals surface area contributed by atoms with Gasteiger partial charge in [-0.3, -0.25) is 0 Å². The fraction of sp³-hybridized carbons (Fsp3) is 0.286. The Kier molecular flexibility index (Phi) is 2.67. The van der Waals surface area contributed by atoms with Crippen molar-refractivity contribution in [2.45, 2.75) is 26.8 Å². The first kappa shape index (κ1) is 11.4. The van der Waals surface area contributed by atoms with E-state index < -0.39 is 0 Å². The zero-order valence-corrected chi connectivity index (χ0v) is 11.5. The third kappa shape index (κ3) is 1.73. The van der Waals surface area contributed by atoms with Crippen molar-refractivity contribution in [3.05, 3.63) is 35.5 Å². The third-order valence-electron chi connectivity index (χ3n) is 3.09. The van der Waals surface area contributed by atoms with Crippen molar-refractivity contribution in [2.75, 3.05) is 0 Å². The van der Waals surface area contributed by atoms with Crippen molar-refractivity contribution in [2.24, 2.45) is 0 Å². The largest absolute Gasteiger partial charge is 0.330 e. The van der Waals surface area contributed by atoms with Crippen LogP contribution < -0.4 is 0 Å². The second-order valence-corrected chi connectivity index (χ2v) is 5.61. The van der Waals surface area contributed by atoms with Crippen LogP contribution in [0.4, 0.5) is 0 Å². The molecule has 4 heteroatoms. The summed E-state index contributed by atoms with van der Waals surface area (Å²) in [5.41, 5.74) is 3.28. The van der Waals surface area contributed by atoms with Gasteiger partial charge in [-0.05, 0) is 38.5 Å². The van der Waals surface area contributed by atoms with Gasteiger partial charge in [-0.25, -0.2) is 9.97 Å². The molecule has 0 aliphatic carbocycles. The van der Waals surface area contributed by atoms with Crippen LogP contribution in [0.5, 0.6) is 0 Å². The van der Waals surface area contributed by atoms with E-state index in [0.717, 1.165) is 16.3 Å². The lowest BCUT2D eigenvalue weighted by Gasteiger charge is -2.08. The Hall–Kier alpha value is -1.68. The Morgan fingerprint density at radius 2 is 2.11 bits per heavy atom. The summed E-state index contributed by atoms with van der Waals surface area (Å²) in [6, 6.07) is 4.62. The summed E-state index contributed by atoms with van der Waals surface area (Å²) in [5.74, 6) is 0. The maximum absolute atomic E-state index is 4.77. The molecule has 3 nitrogen and oxygen atoms in total. The van der Waals surface area contributed by atoms with Crippen LogP contribution in [0.2, 0.25) is 0 Å². The van der Waals surface area contributed by atoms with Crippen molar-refractivity contribution in [1.82, 2.24) is 14.5 Å². The van der Waals surface area contributed by atoms with Crippen molar-refractivity contribution < 1.29 is 0 Å². The minimum absolute atomic E-state index is 0.417. The molecule has 92 valence electrons. The average molecular weight is 257 g/mol. The van der Waals surface area contributed by atoms with Crippen LogP contribution in [0.25, 0.3) is 21.7 Å². The SMILES string of the molecule is Cc1cn(C(C)C)c2nc(-c3nccs3)ccc12. The van der Waals surface area contributed by atoms with Crippen LogP contribution in [0.1, 0.15) is 25.5 Å². The van der Waals surface area contributed by atoms with Gasteiger partial charge in [-0.2, -0.15) is 0 Å². The molecule has 0 spiro atoms. The lowest BCUT2D eigenvalue weighted by molar-refractivity contribution is 0.617. The summed E-state index contributed by atoms with van der Waals surface area (Å²) < 4.78 is 2.22. The quantitative estimate of drug-likeness (QED) is 0.693. The number of aromatic nitrogens is 3. The van der Waals surface area contributed by atoms with Crippen LogP contribution in [0.15, 0.2) is 29.9 Å². The lowest BCUT2D eigenvalue weighted by atomic mass is 10.2. The molecule has 0 atom stereocenters. The van der Waals surface area contributed by atoms with E-state index in [1.807, 2.05) is 11.6 Å². The maximum atomic E-state index is 4.77. The fourth-order valence-electron chi connectivity index (χ4n) is 2.16. The highest BCUT2D eigenvalue weighted by molar-refractivity contribution is 7.13. The predicted octanol–water partition coefficient (Wildman–Crippen LogP) is 4.05. The van der Waals surface area contributed by atoms with Crippen LogP contribution in [-0.4, -0.2) is 14.5 Å². The molecule has 0 bridgehead atoms. The van der Waals surface area contributed by atoms with Gasteiger partial charge >= 0.3 is 0 Å². The van der Waals surface area contributed by atoms with E-state index in [1.54, 1.807) is 11.3 Å². The molecule has 0 amide bonds. The number of pyridine rings is 1. The standard InChI is InChI=1S/C14H15N3S/c1-9(2)17-8-10(3)11-4-5-12(16-13(11)17)14-15-6-7-18-14/h4-9H,1-3H3. The first-order valence-electron chi connectivity index (χ1n) is 6.05. The summed E-state index contributed by atoms with van der Waals surface area (Å²) in [4.78, 5) is 9.09. The first-order valence-corrected chi connectivity index (χ1v) is 6.93. The van der Waals surface area contributed by atoms with Crippen molar-refractivity contribution in [3.63, 3.8) is 0 Å².